The van der Waals surface area contributed by atoms with Crippen LogP contribution in [0.5, 0.6) is 0 Å². The lowest BCUT2D eigenvalue weighted by Crippen LogP contribution is -2.34. The number of benzene rings is 1. The number of amides is 1. The molecule has 1 N–H and O–H groups in total. The van der Waals surface area contributed by atoms with Gasteiger partial charge in [-0.3, -0.25) is 4.98 Å². The first kappa shape index (κ1) is 17.7. The molecule has 2 fully saturated rings. The monoisotopic (exact) mass is 388 g/mol. The van der Waals surface area contributed by atoms with Gasteiger partial charge >= 0.3 is 6.09 Å². The normalized spacial score (nSPS) is 23.6. The fourth-order valence-corrected chi connectivity index (χ4v) is 3.47. The number of nitrogens with zero attached hydrogens (tertiary/aromatic N) is 1. The first-order chi connectivity index (χ1) is 12.9. The number of hydrogen-bond donors (Lipinski definition) is 1. The van der Waals surface area contributed by atoms with Crippen LogP contribution in [-0.2, 0) is 4.74 Å². The van der Waals surface area contributed by atoms with Gasteiger partial charge in [0.25, 0.3) is 5.92 Å². The van der Waals surface area contributed by atoms with Gasteiger partial charge in [0.2, 0.25) is 0 Å². The van der Waals surface area contributed by atoms with Gasteiger partial charge in [-0.15, -0.1) is 0 Å². The Kier molecular flexibility index (Phi) is 4.48. The highest BCUT2D eigenvalue weighted by molar-refractivity contribution is 6.30. The van der Waals surface area contributed by atoms with Crippen molar-refractivity contribution in [2.45, 2.75) is 30.9 Å². The number of aromatic nitrogens is 1. The number of halogens is 3. The number of alkyl carbamates (subject to hydrolysis) is 1. The number of hydrogen-bond acceptors (Lipinski definition) is 3. The van der Waals surface area contributed by atoms with Crippen LogP contribution in [0.1, 0.15) is 41.7 Å². The van der Waals surface area contributed by atoms with Gasteiger partial charge < -0.3 is 10.1 Å². The number of rotatable bonds is 2. The standard InChI is InChI=1S/C20H15ClF2N2O2/c21-16-3-1-2-14(7-16)18-17(25-19(26)27-18)15-6-12(10-24-11-15)4-5-13-8-20(22,23)9-13/h1-3,6-7,10-11,13,17-18H,8-9H2,(H,25,26). The number of cyclic esters (lactones) is 1. The van der Waals surface area contributed by atoms with E-state index >= 15 is 0 Å². The Balaban J connectivity index is 1.57. The Labute approximate surface area is 159 Å². The van der Waals surface area contributed by atoms with Crippen molar-refractivity contribution in [3.63, 3.8) is 0 Å². The summed E-state index contributed by atoms with van der Waals surface area (Å²) in [6, 6.07) is 8.44. The average Bonchev–Trinajstić information content (AvgIpc) is 3.00. The minimum absolute atomic E-state index is 0.198. The molecule has 4 rings (SSSR count). The average molecular weight is 389 g/mol. The molecule has 2 heterocycles. The number of carbonyl (C=O) groups excluding carboxylic acids is 1. The third-order valence-electron chi connectivity index (χ3n) is 4.62. The van der Waals surface area contributed by atoms with Gasteiger partial charge in [-0.25, -0.2) is 13.6 Å². The molecule has 2 atom stereocenters. The molecule has 2 unspecified atom stereocenters. The molecule has 0 spiro atoms. The Hall–Kier alpha value is -2.65. The lowest BCUT2D eigenvalue weighted by atomic mass is 9.82. The van der Waals surface area contributed by atoms with E-state index in [0.717, 1.165) is 11.1 Å². The predicted octanol–water partition coefficient (Wildman–Crippen LogP) is 4.65. The largest absolute Gasteiger partial charge is 0.439 e. The Bertz CT molecular complexity index is 946. The van der Waals surface area contributed by atoms with E-state index in [2.05, 4.69) is 22.1 Å². The summed E-state index contributed by atoms with van der Waals surface area (Å²) in [7, 11) is 0. The fourth-order valence-electron chi connectivity index (χ4n) is 3.27. The maximum absolute atomic E-state index is 12.9. The van der Waals surface area contributed by atoms with Crippen molar-refractivity contribution in [3.05, 3.63) is 64.4 Å². The third-order valence-corrected chi connectivity index (χ3v) is 4.85. The summed E-state index contributed by atoms with van der Waals surface area (Å²) in [6.07, 6.45) is 1.72. The second-order valence-corrected chi connectivity index (χ2v) is 7.18. The van der Waals surface area contributed by atoms with E-state index < -0.39 is 24.2 Å². The highest BCUT2D eigenvalue weighted by Gasteiger charge is 2.44. The van der Waals surface area contributed by atoms with Gasteiger partial charge in [0.05, 0.1) is 0 Å². The van der Waals surface area contributed by atoms with E-state index in [0.29, 0.717) is 10.6 Å². The molecule has 1 amide bonds. The number of pyridine rings is 1. The van der Waals surface area contributed by atoms with Gasteiger partial charge in [0.1, 0.15) is 6.04 Å². The molecular weight excluding hydrogens is 374 g/mol. The summed E-state index contributed by atoms with van der Waals surface area (Å²) in [5, 5.41) is 3.32. The van der Waals surface area contributed by atoms with E-state index in [1.165, 1.54) is 0 Å². The van der Waals surface area contributed by atoms with E-state index in [9.17, 15) is 13.6 Å². The molecule has 0 bridgehead atoms. The maximum Gasteiger partial charge on any atom is 0.408 e. The second-order valence-electron chi connectivity index (χ2n) is 6.74. The molecule has 1 aromatic heterocycles. The molecule has 0 radical (unpaired) electrons. The summed E-state index contributed by atoms with van der Waals surface area (Å²) < 4.78 is 31.2. The molecule has 1 aromatic carbocycles. The first-order valence-corrected chi connectivity index (χ1v) is 8.84. The van der Waals surface area contributed by atoms with Crippen LogP contribution in [0.25, 0.3) is 0 Å². The van der Waals surface area contributed by atoms with E-state index in [1.807, 2.05) is 6.07 Å². The van der Waals surface area contributed by atoms with Crippen LogP contribution in [0, 0.1) is 17.8 Å². The fraction of sp³-hybridized carbons (Fsp3) is 0.300. The summed E-state index contributed by atoms with van der Waals surface area (Å²) in [5.74, 6) is 2.88. The van der Waals surface area contributed by atoms with Gasteiger partial charge in [0, 0.05) is 41.7 Å². The SMILES string of the molecule is O=C1NC(c2cncc(C#CC3CC(F)(F)C3)c2)C(c2cccc(Cl)c2)O1. The molecule has 1 aliphatic heterocycles. The molecule has 4 nitrogen and oxygen atoms in total. The molecule has 1 saturated heterocycles. The molecule has 27 heavy (non-hydrogen) atoms. The van der Waals surface area contributed by atoms with Crippen LogP contribution in [0.4, 0.5) is 13.6 Å². The number of alkyl halides is 2. The molecule has 1 saturated carbocycles. The van der Waals surface area contributed by atoms with Crippen molar-refractivity contribution in [3.8, 4) is 11.8 Å². The highest BCUT2D eigenvalue weighted by Crippen LogP contribution is 2.42. The van der Waals surface area contributed by atoms with E-state index in [4.69, 9.17) is 16.3 Å². The van der Waals surface area contributed by atoms with Crippen LogP contribution >= 0.6 is 11.6 Å². The molecule has 2 aromatic rings. The van der Waals surface area contributed by atoms with Gasteiger partial charge in [-0.05, 0) is 29.3 Å². The number of nitrogens with one attached hydrogen (secondary N) is 1. The first-order valence-electron chi connectivity index (χ1n) is 8.47. The van der Waals surface area contributed by atoms with Crippen LogP contribution in [0.3, 0.4) is 0 Å². The predicted molar refractivity (Wildman–Crippen MR) is 95.3 cm³/mol. The molecule has 2 aliphatic rings. The van der Waals surface area contributed by atoms with E-state index in [1.54, 1.807) is 36.7 Å². The smallest absolute Gasteiger partial charge is 0.408 e. The summed E-state index contributed by atoms with van der Waals surface area (Å²) in [5.41, 5.74) is 2.09. The van der Waals surface area contributed by atoms with Gasteiger partial charge in [-0.2, -0.15) is 0 Å². The number of ether oxygens (including phenoxy) is 1. The zero-order valence-electron chi connectivity index (χ0n) is 14.1. The minimum atomic E-state index is -2.59. The minimum Gasteiger partial charge on any atom is -0.439 e. The van der Waals surface area contributed by atoms with Crippen molar-refractivity contribution >= 4 is 17.7 Å². The van der Waals surface area contributed by atoms with Crippen molar-refractivity contribution in [2.24, 2.45) is 5.92 Å². The van der Waals surface area contributed by atoms with Crippen LogP contribution in [0.15, 0.2) is 42.7 Å². The maximum atomic E-state index is 12.9. The van der Waals surface area contributed by atoms with Crippen molar-refractivity contribution in [1.82, 2.24) is 10.3 Å². The molecule has 7 heteroatoms. The Morgan fingerprint density at radius 1 is 1.22 bits per heavy atom. The quantitative estimate of drug-likeness (QED) is 0.761. The molecular formula is C20H15ClF2N2O2. The van der Waals surface area contributed by atoms with Crippen molar-refractivity contribution in [1.29, 1.82) is 0 Å². The summed E-state index contributed by atoms with van der Waals surface area (Å²) in [4.78, 5) is 16.0. The Morgan fingerprint density at radius 3 is 2.78 bits per heavy atom. The summed E-state index contributed by atoms with van der Waals surface area (Å²) >= 11 is 6.04. The van der Waals surface area contributed by atoms with Gasteiger partial charge in [0.15, 0.2) is 6.10 Å². The lowest BCUT2D eigenvalue weighted by Gasteiger charge is -2.31. The molecule has 1 aliphatic carbocycles. The van der Waals surface area contributed by atoms with Crippen molar-refractivity contribution in [2.75, 3.05) is 0 Å². The second kappa shape index (κ2) is 6.82. The Morgan fingerprint density at radius 2 is 2.04 bits per heavy atom. The zero-order valence-corrected chi connectivity index (χ0v) is 14.8. The number of carbonyl (C=O) groups is 1. The lowest BCUT2D eigenvalue weighted by molar-refractivity contribution is -0.0936. The highest BCUT2D eigenvalue weighted by atomic mass is 35.5. The van der Waals surface area contributed by atoms with Gasteiger partial charge in [-0.1, -0.05) is 35.6 Å². The van der Waals surface area contributed by atoms with Crippen LogP contribution in [0.2, 0.25) is 5.02 Å². The third kappa shape index (κ3) is 3.88. The topological polar surface area (TPSA) is 51.2 Å². The zero-order chi connectivity index (χ0) is 19.0. The van der Waals surface area contributed by atoms with Crippen LogP contribution in [-0.4, -0.2) is 17.0 Å². The summed E-state index contributed by atoms with van der Waals surface area (Å²) in [6.45, 7) is 0. The van der Waals surface area contributed by atoms with Crippen molar-refractivity contribution < 1.29 is 18.3 Å². The van der Waals surface area contributed by atoms with Crippen LogP contribution < -0.4 is 5.32 Å². The molecule has 138 valence electrons. The van der Waals surface area contributed by atoms with E-state index in [-0.39, 0.29) is 18.8 Å².